The predicted octanol–water partition coefficient (Wildman–Crippen LogP) is 5.71. The summed E-state index contributed by atoms with van der Waals surface area (Å²) in [7, 11) is 0. The molecule has 0 aromatic rings. The molecule has 0 amide bonds. The predicted molar refractivity (Wildman–Crippen MR) is 94.8 cm³/mol. The first-order valence-corrected chi connectivity index (χ1v) is 8.60. The molecule has 0 aromatic carbocycles. The lowest BCUT2D eigenvalue weighted by atomic mass is 9.88. The molecule has 0 saturated heterocycles. The first-order chi connectivity index (χ1) is 9.90. The van der Waals surface area contributed by atoms with E-state index in [-0.39, 0.29) is 5.54 Å². The molecule has 0 radical (unpaired) electrons. The van der Waals surface area contributed by atoms with Crippen LogP contribution in [0.3, 0.4) is 0 Å². The number of nitrogens with zero attached hydrogens (tertiary/aromatic N) is 2. The van der Waals surface area contributed by atoms with E-state index in [1.807, 2.05) is 0 Å². The Morgan fingerprint density at radius 1 is 1.24 bits per heavy atom. The lowest BCUT2D eigenvalue weighted by Gasteiger charge is -2.44. The van der Waals surface area contributed by atoms with Gasteiger partial charge in [0.15, 0.2) is 0 Å². The molecule has 0 saturated carbocycles. The van der Waals surface area contributed by atoms with Gasteiger partial charge in [-0.2, -0.15) is 0 Å². The van der Waals surface area contributed by atoms with Gasteiger partial charge in [-0.1, -0.05) is 32.9 Å². The maximum atomic E-state index is 4.91. The van der Waals surface area contributed by atoms with Gasteiger partial charge in [0.25, 0.3) is 0 Å². The molecule has 0 aliphatic heterocycles. The summed E-state index contributed by atoms with van der Waals surface area (Å²) in [5.74, 6) is 0. The van der Waals surface area contributed by atoms with E-state index in [4.69, 9.17) is 4.99 Å². The van der Waals surface area contributed by atoms with E-state index in [1.165, 1.54) is 35.5 Å². The standard InChI is InChI=1S/C19H34N2/c1-8-14-21(19(7,10-3)15(4)5)18-13-11-12-17(18)20-16(6)9-2/h4,8-14H2,1-3,5-7H3. The van der Waals surface area contributed by atoms with Crippen LogP contribution in [-0.4, -0.2) is 22.7 Å². The van der Waals surface area contributed by atoms with Crippen molar-refractivity contribution in [3.8, 4) is 0 Å². The Morgan fingerprint density at radius 3 is 2.38 bits per heavy atom. The zero-order valence-corrected chi connectivity index (χ0v) is 15.1. The zero-order valence-electron chi connectivity index (χ0n) is 15.1. The SMILES string of the molecule is C=C(C)C(C)(CC)N(CCC)C1=C(N=C(C)CC)CCC1. The minimum atomic E-state index is 0.0522. The van der Waals surface area contributed by atoms with Gasteiger partial charge >= 0.3 is 0 Å². The fourth-order valence-electron chi connectivity index (χ4n) is 3.06. The van der Waals surface area contributed by atoms with Crippen LogP contribution in [0.2, 0.25) is 0 Å². The van der Waals surface area contributed by atoms with Crippen molar-refractivity contribution >= 4 is 5.71 Å². The van der Waals surface area contributed by atoms with Crippen LogP contribution < -0.4 is 0 Å². The second-order valence-corrected chi connectivity index (χ2v) is 6.51. The van der Waals surface area contributed by atoms with Gasteiger partial charge in [0.05, 0.1) is 11.2 Å². The molecule has 0 aromatic heterocycles. The van der Waals surface area contributed by atoms with E-state index in [2.05, 4.69) is 53.0 Å². The third-order valence-corrected chi connectivity index (χ3v) is 4.97. The summed E-state index contributed by atoms with van der Waals surface area (Å²) in [5, 5.41) is 0. The van der Waals surface area contributed by atoms with Crippen LogP contribution in [-0.2, 0) is 0 Å². The van der Waals surface area contributed by atoms with E-state index in [9.17, 15) is 0 Å². The first-order valence-electron chi connectivity index (χ1n) is 8.60. The molecule has 2 heteroatoms. The Labute approximate surface area is 132 Å². The maximum Gasteiger partial charge on any atom is 0.0594 e. The molecule has 0 heterocycles. The molecule has 0 fully saturated rings. The molecule has 1 aliphatic carbocycles. The topological polar surface area (TPSA) is 15.6 Å². The monoisotopic (exact) mass is 290 g/mol. The van der Waals surface area contributed by atoms with E-state index in [0.29, 0.717) is 0 Å². The Hall–Kier alpha value is -1.05. The number of allylic oxidation sites excluding steroid dienone is 2. The smallest absolute Gasteiger partial charge is 0.0594 e. The summed E-state index contributed by atoms with van der Waals surface area (Å²) in [6.07, 6.45) is 6.82. The van der Waals surface area contributed by atoms with E-state index in [0.717, 1.165) is 32.2 Å². The van der Waals surface area contributed by atoms with Crippen LogP contribution in [0.4, 0.5) is 0 Å². The molecule has 120 valence electrons. The summed E-state index contributed by atoms with van der Waals surface area (Å²) >= 11 is 0. The minimum absolute atomic E-state index is 0.0522. The molecular formula is C19H34N2. The molecular weight excluding hydrogens is 256 g/mol. The quantitative estimate of drug-likeness (QED) is 0.413. The lowest BCUT2D eigenvalue weighted by Crippen LogP contribution is -2.46. The lowest BCUT2D eigenvalue weighted by molar-refractivity contribution is 0.172. The van der Waals surface area contributed by atoms with Crippen LogP contribution in [0.5, 0.6) is 0 Å². The highest BCUT2D eigenvalue weighted by Gasteiger charge is 2.34. The minimum Gasteiger partial charge on any atom is -0.364 e. The highest BCUT2D eigenvalue weighted by molar-refractivity contribution is 5.82. The molecule has 2 nitrogen and oxygen atoms in total. The highest BCUT2D eigenvalue weighted by atomic mass is 15.2. The van der Waals surface area contributed by atoms with Gasteiger partial charge < -0.3 is 4.90 Å². The van der Waals surface area contributed by atoms with Gasteiger partial charge in [0.2, 0.25) is 0 Å². The van der Waals surface area contributed by atoms with Crippen LogP contribution in [0.15, 0.2) is 28.5 Å². The van der Waals surface area contributed by atoms with Crippen molar-refractivity contribution in [3.05, 3.63) is 23.5 Å². The Balaban J connectivity index is 3.26. The van der Waals surface area contributed by atoms with Crippen molar-refractivity contribution < 1.29 is 0 Å². The molecule has 1 aliphatic rings. The number of rotatable bonds is 8. The number of hydrogen-bond donors (Lipinski definition) is 0. The second kappa shape index (κ2) is 7.82. The van der Waals surface area contributed by atoms with Crippen molar-refractivity contribution in [2.45, 2.75) is 85.6 Å². The van der Waals surface area contributed by atoms with Gasteiger partial charge in [-0.05, 0) is 59.3 Å². The van der Waals surface area contributed by atoms with Crippen molar-refractivity contribution in [1.29, 1.82) is 0 Å². The molecule has 0 bridgehead atoms. The molecule has 1 unspecified atom stereocenters. The van der Waals surface area contributed by atoms with Gasteiger partial charge in [0, 0.05) is 18.0 Å². The Morgan fingerprint density at radius 2 is 1.90 bits per heavy atom. The average molecular weight is 290 g/mol. The van der Waals surface area contributed by atoms with Crippen LogP contribution in [0.1, 0.15) is 80.1 Å². The van der Waals surface area contributed by atoms with Gasteiger partial charge in [-0.15, -0.1) is 0 Å². The fraction of sp³-hybridized carbons (Fsp3) is 0.737. The largest absolute Gasteiger partial charge is 0.364 e. The Kier molecular flexibility index (Phi) is 6.70. The molecule has 0 N–H and O–H groups in total. The summed E-state index contributed by atoms with van der Waals surface area (Å²) in [4.78, 5) is 7.51. The van der Waals surface area contributed by atoms with Gasteiger partial charge in [-0.3, -0.25) is 4.99 Å². The number of aliphatic imine (C=N–C) groups is 1. The van der Waals surface area contributed by atoms with E-state index >= 15 is 0 Å². The summed E-state index contributed by atoms with van der Waals surface area (Å²) in [6, 6.07) is 0. The van der Waals surface area contributed by atoms with Gasteiger partial charge in [0.1, 0.15) is 0 Å². The van der Waals surface area contributed by atoms with Crippen LogP contribution in [0, 0.1) is 0 Å². The maximum absolute atomic E-state index is 4.91. The normalized spacial score (nSPS) is 18.9. The van der Waals surface area contributed by atoms with Crippen molar-refractivity contribution in [2.24, 2.45) is 4.99 Å². The summed E-state index contributed by atoms with van der Waals surface area (Å²) in [5.41, 5.74) is 5.35. The third-order valence-electron chi connectivity index (χ3n) is 4.97. The van der Waals surface area contributed by atoms with Gasteiger partial charge in [-0.25, -0.2) is 0 Å². The molecule has 21 heavy (non-hydrogen) atoms. The molecule has 0 spiro atoms. The third kappa shape index (κ3) is 3.99. The Bertz CT molecular complexity index is 431. The average Bonchev–Trinajstić information content (AvgIpc) is 2.91. The van der Waals surface area contributed by atoms with E-state index in [1.54, 1.807) is 0 Å². The van der Waals surface area contributed by atoms with Crippen molar-refractivity contribution in [2.75, 3.05) is 6.54 Å². The molecule has 1 atom stereocenters. The van der Waals surface area contributed by atoms with E-state index < -0.39 is 0 Å². The van der Waals surface area contributed by atoms with Crippen LogP contribution >= 0.6 is 0 Å². The number of hydrogen-bond acceptors (Lipinski definition) is 2. The second-order valence-electron chi connectivity index (χ2n) is 6.51. The van der Waals surface area contributed by atoms with Crippen LogP contribution in [0.25, 0.3) is 0 Å². The summed E-state index contributed by atoms with van der Waals surface area (Å²) < 4.78 is 0. The van der Waals surface area contributed by atoms with Crippen molar-refractivity contribution in [3.63, 3.8) is 0 Å². The molecule has 1 rings (SSSR count). The highest BCUT2D eigenvalue weighted by Crippen LogP contribution is 2.38. The zero-order chi connectivity index (χ0) is 16.0. The summed E-state index contributed by atoms with van der Waals surface area (Å²) in [6.45, 7) is 18.7. The van der Waals surface area contributed by atoms with Crippen molar-refractivity contribution in [1.82, 2.24) is 4.90 Å². The first kappa shape index (κ1) is 18.0. The fourth-order valence-corrected chi connectivity index (χ4v) is 3.06.